The zero-order valence-electron chi connectivity index (χ0n) is 13.6. The van der Waals surface area contributed by atoms with Crippen molar-refractivity contribution in [1.82, 2.24) is 15.1 Å². The fraction of sp³-hybridized carbons (Fsp3) is 0.765. The number of nitrogens with zero attached hydrogens (tertiary/aromatic N) is 2. The van der Waals surface area contributed by atoms with E-state index >= 15 is 0 Å². The zero-order chi connectivity index (χ0) is 15.5. The molecule has 0 radical (unpaired) electrons. The van der Waals surface area contributed by atoms with Crippen LogP contribution in [0.5, 0.6) is 0 Å². The van der Waals surface area contributed by atoms with E-state index in [-0.39, 0.29) is 12.0 Å². The quantitative estimate of drug-likeness (QED) is 0.933. The smallest absolute Gasteiger partial charge is 0.228 e. The van der Waals surface area contributed by atoms with Gasteiger partial charge in [0.15, 0.2) is 0 Å². The number of piperidine rings is 1. The lowest BCUT2D eigenvalue weighted by Crippen LogP contribution is -2.48. The number of nitrogens with one attached hydrogen (secondary N) is 1. The van der Waals surface area contributed by atoms with Crippen LogP contribution in [0.1, 0.15) is 51.1 Å². The number of aromatic amines is 1. The highest BCUT2D eigenvalue weighted by atomic mass is 16.5. The van der Waals surface area contributed by atoms with Crippen LogP contribution in [0, 0.1) is 11.8 Å². The van der Waals surface area contributed by atoms with Crippen LogP contribution in [0.25, 0.3) is 0 Å². The molecule has 5 nitrogen and oxygen atoms in total. The van der Waals surface area contributed by atoms with Gasteiger partial charge in [-0.3, -0.25) is 9.89 Å². The zero-order valence-corrected chi connectivity index (χ0v) is 13.6. The van der Waals surface area contributed by atoms with E-state index in [9.17, 15) is 4.79 Å². The van der Waals surface area contributed by atoms with Crippen molar-refractivity contribution in [1.29, 1.82) is 0 Å². The van der Waals surface area contributed by atoms with Crippen LogP contribution in [0.3, 0.4) is 0 Å². The van der Waals surface area contributed by atoms with E-state index in [0.29, 0.717) is 17.7 Å². The predicted molar refractivity (Wildman–Crippen MR) is 84.4 cm³/mol. The summed E-state index contributed by atoms with van der Waals surface area (Å²) in [7, 11) is 0. The molecule has 5 heteroatoms. The number of likely N-dealkylation sites (tertiary alicyclic amines) is 1. The largest absolute Gasteiger partial charge is 0.377 e. The molecule has 2 atom stereocenters. The lowest BCUT2D eigenvalue weighted by molar-refractivity contribution is -0.148. The monoisotopic (exact) mass is 305 g/mol. The van der Waals surface area contributed by atoms with Gasteiger partial charge in [-0.2, -0.15) is 5.10 Å². The molecular formula is C17H27N3O2. The van der Waals surface area contributed by atoms with Gasteiger partial charge in [0, 0.05) is 37.5 Å². The molecule has 22 heavy (non-hydrogen) atoms. The number of H-pyrrole nitrogens is 1. The van der Waals surface area contributed by atoms with Gasteiger partial charge in [-0.05, 0) is 37.7 Å². The van der Waals surface area contributed by atoms with Crippen LogP contribution in [-0.4, -0.2) is 46.8 Å². The number of aromatic nitrogens is 2. The maximum atomic E-state index is 12.9. The highest BCUT2D eigenvalue weighted by Crippen LogP contribution is 2.31. The summed E-state index contributed by atoms with van der Waals surface area (Å²) in [6, 6.07) is 2.05. The van der Waals surface area contributed by atoms with Crippen molar-refractivity contribution < 1.29 is 9.53 Å². The van der Waals surface area contributed by atoms with Gasteiger partial charge in [0.1, 0.15) is 0 Å². The van der Waals surface area contributed by atoms with E-state index in [2.05, 4.69) is 28.9 Å². The van der Waals surface area contributed by atoms with E-state index in [1.807, 2.05) is 6.07 Å². The Morgan fingerprint density at radius 2 is 2.14 bits per heavy atom. The Kier molecular flexibility index (Phi) is 4.81. The van der Waals surface area contributed by atoms with Gasteiger partial charge in [-0.25, -0.2) is 0 Å². The van der Waals surface area contributed by atoms with Crippen LogP contribution in [0.4, 0.5) is 0 Å². The van der Waals surface area contributed by atoms with Crippen LogP contribution in [0.2, 0.25) is 0 Å². The average molecular weight is 305 g/mol. The maximum Gasteiger partial charge on any atom is 0.228 e. The minimum atomic E-state index is 0.0532. The fourth-order valence-corrected chi connectivity index (χ4v) is 3.86. The van der Waals surface area contributed by atoms with Crippen molar-refractivity contribution in [3.63, 3.8) is 0 Å². The molecule has 0 bridgehead atoms. The Morgan fingerprint density at radius 1 is 1.36 bits per heavy atom. The molecule has 0 aromatic carbocycles. The second kappa shape index (κ2) is 6.82. The Balaban J connectivity index is 1.59. The molecule has 3 rings (SSSR count). The SMILES string of the molecule is CC(C)C1OCCCC1C(=O)N1CCC(c2ccn[nH]2)CC1. The fourth-order valence-electron chi connectivity index (χ4n) is 3.86. The van der Waals surface area contributed by atoms with Crippen LogP contribution in [-0.2, 0) is 9.53 Å². The number of carbonyl (C=O) groups excluding carboxylic acids is 1. The molecule has 122 valence electrons. The topological polar surface area (TPSA) is 58.2 Å². The van der Waals surface area contributed by atoms with E-state index < -0.39 is 0 Å². The van der Waals surface area contributed by atoms with Crippen molar-refractivity contribution in [3.8, 4) is 0 Å². The summed E-state index contributed by atoms with van der Waals surface area (Å²) in [5, 5.41) is 7.10. The molecule has 0 saturated carbocycles. The lowest BCUT2D eigenvalue weighted by atomic mass is 9.85. The first-order valence-electron chi connectivity index (χ1n) is 8.56. The van der Waals surface area contributed by atoms with Crippen LogP contribution < -0.4 is 0 Å². The minimum Gasteiger partial charge on any atom is -0.377 e. The third-order valence-corrected chi connectivity index (χ3v) is 5.11. The highest BCUT2D eigenvalue weighted by molar-refractivity contribution is 5.79. The summed E-state index contributed by atoms with van der Waals surface area (Å²) in [5.74, 6) is 1.27. The summed E-state index contributed by atoms with van der Waals surface area (Å²) in [6.45, 7) is 6.81. The molecule has 2 aliphatic heterocycles. The number of hydrogen-bond acceptors (Lipinski definition) is 3. The molecule has 3 heterocycles. The summed E-state index contributed by atoms with van der Waals surface area (Å²) in [6.07, 6.45) is 5.92. The Labute approximate surface area is 132 Å². The van der Waals surface area contributed by atoms with Crippen molar-refractivity contribution in [2.75, 3.05) is 19.7 Å². The standard InChI is InChI=1S/C17H27N3O2/c1-12(2)16-14(4-3-11-22-16)17(21)20-9-6-13(7-10-20)15-5-8-18-19-15/h5,8,12-14,16H,3-4,6-7,9-11H2,1-2H3,(H,18,19). The molecule has 2 fully saturated rings. The van der Waals surface area contributed by atoms with Crippen LogP contribution in [0.15, 0.2) is 12.3 Å². The summed E-state index contributed by atoms with van der Waals surface area (Å²) in [5.41, 5.74) is 1.20. The molecule has 2 aliphatic rings. The highest BCUT2D eigenvalue weighted by Gasteiger charge is 2.37. The molecule has 1 aromatic rings. The third-order valence-electron chi connectivity index (χ3n) is 5.11. The molecule has 1 N–H and O–H groups in total. The van der Waals surface area contributed by atoms with E-state index in [0.717, 1.165) is 45.4 Å². The van der Waals surface area contributed by atoms with Crippen molar-refractivity contribution in [3.05, 3.63) is 18.0 Å². The van der Waals surface area contributed by atoms with E-state index in [1.165, 1.54) is 5.69 Å². The second-order valence-corrected chi connectivity index (χ2v) is 6.94. The maximum absolute atomic E-state index is 12.9. The van der Waals surface area contributed by atoms with Gasteiger partial charge in [-0.1, -0.05) is 13.8 Å². The summed E-state index contributed by atoms with van der Waals surface area (Å²) in [4.78, 5) is 14.9. The molecule has 1 amide bonds. The first-order chi connectivity index (χ1) is 10.7. The van der Waals surface area contributed by atoms with E-state index in [1.54, 1.807) is 6.20 Å². The molecular weight excluding hydrogens is 278 g/mol. The lowest BCUT2D eigenvalue weighted by Gasteiger charge is -2.39. The van der Waals surface area contributed by atoms with Gasteiger partial charge in [0.05, 0.1) is 12.0 Å². The Bertz CT molecular complexity index is 478. The van der Waals surface area contributed by atoms with Gasteiger partial charge < -0.3 is 9.64 Å². The molecule has 0 spiro atoms. The van der Waals surface area contributed by atoms with Crippen molar-refractivity contribution in [2.24, 2.45) is 11.8 Å². The third kappa shape index (κ3) is 3.19. The number of carbonyl (C=O) groups is 1. The molecule has 2 unspecified atom stereocenters. The van der Waals surface area contributed by atoms with Gasteiger partial charge in [0.2, 0.25) is 5.91 Å². The summed E-state index contributed by atoms with van der Waals surface area (Å²) < 4.78 is 5.88. The van der Waals surface area contributed by atoms with Gasteiger partial charge >= 0.3 is 0 Å². The first-order valence-corrected chi connectivity index (χ1v) is 8.56. The number of rotatable bonds is 3. The first kappa shape index (κ1) is 15.5. The Morgan fingerprint density at radius 3 is 2.77 bits per heavy atom. The number of ether oxygens (including phenoxy) is 1. The molecule has 0 aliphatic carbocycles. The molecule has 1 aromatic heterocycles. The summed E-state index contributed by atoms with van der Waals surface area (Å²) >= 11 is 0. The van der Waals surface area contributed by atoms with Gasteiger partial charge in [-0.15, -0.1) is 0 Å². The van der Waals surface area contributed by atoms with Crippen LogP contribution >= 0.6 is 0 Å². The minimum absolute atomic E-state index is 0.0532. The predicted octanol–water partition coefficient (Wildman–Crippen LogP) is 2.57. The number of hydrogen-bond donors (Lipinski definition) is 1. The normalized spacial score (nSPS) is 27.3. The van der Waals surface area contributed by atoms with E-state index in [4.69, 9.17) is 4.74 Å². The van der Waals surface area contributed by atoms with Gasteiger partial charge in [0.25, 0.3) is 0 Å². The Hall–Kier alpha value is -1.36. The average Bonchev–Trinajstić information content (AvgIpc) is 3.09. The second-order valence-electron chi connectivity index (χ2n) is 6.94. The number of amides is 1. The van der Waals surface area contributed by atoms with Crippen molar-refractivity contribution in [2.45, 2.75) is 51.6 Å². The molecule has 2 saturated heterocycles. The van der Waals surface area contributed by atoms with Crippen molar-refractivity contribution >= 4 is 5.91 Å².